The molecule has 34 nitrogen and oxygen atoms in total. The summed E-state index contributed by atoms with van der Waals surface area (Å²) in [5.74, 6) is 0. The van der Waals surface area contributed by atoms with Crippen molar-refractivity contribution in [2.24, 2.45) is 28.2 Å². The van der Waals surface area contributed by atoms with Crippen molar-refractivity contribution in [3.63, 3.8) is 0 Å². The van der Waals surface area contributed by atoms with Crippen LogP contribution in [0, 0.1) is 0 Å². The van der Waals surface area contributed by atoms with Crippen LogP contribution in [0.25, 0.3) is 0 Å². The average molecular weight is 1630 g/mol. The van der Waals surface area contributed by atoms with Crippen LogP contribution < -0.4 is 18.3 Å². The monoisotopic (exact) mass is 1640 g/mol. The Morgan fingerprint density at radius 1 is 0.227 bits per heavy atom. The van der Waals surface area contributed by atoms with Crippen molar-refractivity contribution in [3.8, 4) is 0 Å². The maximum atomic E-state index is 2.12. The fourth-order valence-corrected chi connectivity index (χ4v) is 2.76. The van der Waals surface area contributed by atoms with Crippen molar-refractivity contribution in [1.82, 2.24) is 18.3 Å². The zero-order valence-electron chi connectivity index (χ0n) is 35.2. The third-order valence-corrected chi connectivity index (χ3v) is 4.76. The van der Waals surface area contributed by atoms with Gasteiger partial charge in [-0.2, -0.15) is 0 Å². The molecular formula is C24H44Mo8N8O26-48. The second-order valence-electron chi connectivity index (χ2n) is 7.64. The van der Waals surface area contributed by atoms with E-state index in [2.05, 4.69) is 96.1 Å². The van der Waals surface area contributed by atoms with Crippen LogP contribution in [0.2, 0.25) is 0 Å². The Morgan fingerprint density at radius 3 is 0.348 bits per heavy atom. The van der Waals surface area contributed by atoms with Gasteiger partial charge in [-0.25, -0.2) is 36.5 Å². The van der Waals surface area contributed by atoms with Gasteiger partial charge in [-0.05, 0) is 27.7 Å². The molecule has 0 spiro atoms. The number of rotatable bonds is 4. The van der Waals surface area contributed by atoms with Gasteiger partial charge < -0.3 is 142 Å². The Balaban J connectivity index is -0.00000000552. The first-order valence-corrected chi connectivity index (χ1v) is 11.3. The summed E-state index contributed by atoms with van der Waals surface area (Å²) in [6.07, 6.45) is 24.6. The number of imidazole rings is 4. The normalized spacial score (nSPS) is 4.73. The summed E-state index contributed by atoms with van der Waals surface area (Å²) in [4.78, 5) is 0. The molecule has 0 saturated heterocycles. The number of hydrogen-bond donors (Lipinski definition) is 0. The fraction of sp³-hybridized carbons (Fsp3) is 0.500. The van der Waals surface area contributed by atoms with Gasteiger partial charge in [0.2, 0.25) is 25.3 Å². The molecule has 0 aliphatic carbocycles. The third-order valence-electron chi connectivity index (χ3n) is 4.76. The second-order valence-corrected chi connectivity index (χ2v) is 7.64. The molecule has 66 heavy (non-hydrogen) atoms. The van der Waals surface area contributed by atoms with E-state index in [1.165, 1.54) is 0 Å². The van der Waals surface area contributed by atoms with Crippen molar-refractivity contribution in [3.05, 3.63) is 74.9 Å². The Bertz CT molecular complexity index is 921. The van der Waals surface area contributed by atoms with Crippen molar-refractivity contribution in [2.75, 3.05) is 0 Å². The molecule has 0 bridgehead atoms. The van der Waals surface area contributed by atoms with E-state index < -0.39 is 0 Å². The van der Waals surface area contributed by atoms with Crippen LogP contribution in [0.5, 0.6) is 0 Å². The molecule has 0 aliphatic rings. The van der Waals surface area contributed by atoms with E-state index in [-0.39, 0.29) is 311 Å². The molecule has 0 aromatic carbocycles. The fourth-order valence-electron chi connectivity index (χ4n) is 2.76. The smallest absolute Gasteiger partial charge is 0.243 e. The summed E-state index contributed by atoms with van der Waals surface area (Å²) in [6, 6.07) is 0. The molecule has 0 radical (unpaired) electrons. The Hall–Kier alpha value is 1.31. The summed E-state index contributed by atoms with van der Waals surface area (Å²) in [5.41, 5.74) is 0. The van der Waals surface area contributed by atoms with E-state index >= 15 is 0 Å². The van der Waals surface area contributed by atoms with Gasteiger partial charge in [0.1, 0.15) is 49.6 Å². The minimum atomic E-state index is 0. The molecule has 4 aromatic rings. The Labute approximate surface area is 499 Å². The number of nitrogens with zero attached hydrogens (tertiary/aromatic N) is 8. The van der Waals surface area contributed by atoms with Crippen molar-refractivity contribution >= 4 is 0 Å². The van der Waals surface area contributed by atoms with Crippen LogP contribution >= 0.6 is 0 Å². The van der Waals surface area contributed by atoms with E-state index in [0.717, 1.165) is 26.2 Å². The molecule has 0 saturated carbocycles. The van der Waals surface area contributed by atoms with Crippen molar-refractivity contribution in [2.45, 2.75) is 53.9 Å². The first-order valence-electron chi connectivity index (χ1n) is 11.3. The molecular weight excluding hydrogens is 1580 g/mol. The van der Waals surface area contributed by atoms with Gasteiger partial charge in [-0.15, -0.1) is 0 Å². The average Bonchev–Trinajstić information content (AvgIpc) is 3.58. The topological polar surface area (TPSA) is 776 Å². The van der Waals surface area contributed by atoms with Crippen LogP contribution in [0.1, 0.15) is 27.7 Å². The van der Waals surface area contributed by atoms with E-state index in [9.17, 15) is 0 Å². The predicted molar refractivity (Wildman–Crippen MR) is 143 cm³/mol. The van der Waals surface area contributed by atoms with Gasteiger partial charge in [0.25, 0.3) is 0 Å². The van der Waals surface area contributed by atoms with Gasteiger partial charge in [-0.3, -0.25) is 0 Å². The predicted octanol–water partition coefficient (Wildman–Crippen LogP) is -1.78. The van der Waals surface area contributed by atoms with Crippen molar-refractivity contribution in [1.29, 1.82) is 0 Å². The molecule has 0 N–H and O–H groups in total. The van der Waals surface area contributed by atoms with Crippen LogP contribution in [-0.2, 0) is 365 Å². The SMILES string of the molecule is CCn1cc[n+](C)c1.CCn1cc[n+](C)c1.CCn1cc[n+](C)c1.CCn1cc[n+](C)c1.[Mo].[Mo].[Mo].[Mo].[Mo].[Mo].[Mo].[Mo].[O-2].[O-2].[O-2].[O-2].[O-2].[O-2].[O-2].[O-2].[O-2].[O-2].[O-2].[O-2].[O-2].[O-2].[O-2].[O-2].[O-2].[O-2].[O-2].[O-2].[O-2].[O-2].[O-2].[O-2].[O-2].[O-2]. The maximum Gasteiger partial charge on any atom is 0.243 e. The summed E-state index contributed by atoms with van der Waals surface area (Å²) >= 11 is 0. The zero-order valence-corrected chi connectivity index (χ0v) is 51.3. The third kappa shape index (κ3) is 132. The Morgan fingerprint density at radius 2 is 0.318 bits per heavy atom. The largest absolute Gasteiger partial charge is 2.00 e. The molecule has 432 valence electrons. The number of hydrogen-bond acceptors (Lipinski definition) is 0. The number of aryl methyl sites for hydroxylation is 8. The van der Waals surface area contributed by atoms with Crippen LogP contribution in [0.3, 0.4) is 0 Å². The van der Waals surface area contributed by atoms with Gasteiger partial charge in [0.05, 0.1) is 54.4 Å². The molecule has 0 unspecified atom stereocenters. The van der Waals surface area contributed by atoms with Crippen LogP contribution in [0.15, 0.2) is 74.9 Å². The van der Waals surface area contributed by atoms with Gasteiger partial charge in [0, 0.05) is 169 Å². The second kappa shape index (κ2) is 166. The van der Waals surface area contributed by atoms with Crippen LogP contribution in [-0.4, -0.2) is 18.3 Å². The summed E-state index contributed by atoms with van der Waals surface area (Å²) in [5, 5.41) is 0. The molecule has 0 atom stereocenters. The molecule has 4 rings (SSSR count). The van der Waals surface area contributed by atoms with Gasteiger partial charge in [-0.1, -0.05) is 0 Å². The first-order chi connectivity index (χ1) is 15.3. The van der Waals surface area contributed by atoms with Gasteiger partial charge >= 0.3 is 0 Å². The number of aromatic nitrogens is 8. The summed E-state index contributed by atoms with van der Waals surface area (Å²) in [7, 11) is 8.08. The molecule has 0 amide bonds. The molecule has 4 heterocycles. The summed E-state index contributed by atoms with van der Waals surface area (Å²) in [6.45, 7) is 12.7. The van der Waals surface area contributed by atoms with Crippen LogP contribution in [0.4, 0.5) is 0 Å². The quantitative estimate of drug-likeness (QED) is 0.162. The van der Waals surface area contributed by atoms with E-state index in [0.29, 0.717) is 0 Å². The minimum absolute atomic E-state index is 0. The minimum Gasteiger partial charge on any atom is -2.00 e. The molecule has 0 fully saturated rings. The molecule has 0 aliphatic heterocycles. The summed E-state index contributed by atoms with van der Waals surface area (Å²) < 4.78 is 16.6. The molecule has 4 aromatic heterocycles. The first kappa shape index (κ1) is 267. The Kier molecular flexibility index (Phi) is 670. The van der Waals surface area contributed by atoms with Gasteiger partial charge in [0.15, 0.2) is 0 Å². The zero-order chi connectivity index (χ0) is 23.9. The van der Waals surface area contributed by atoms with Crippen molar-refractivity contribution < 1.29 is 329 Å². The molecule has 42 heteroatoms. The standard InChI is InChI=1S/4C6H11N2.8Mo.26O/c4*1-3-8-5-4-7(2)6-8;;;;;;;;;;;;;;;;;;;;;;;;;;;;;;;;;;/h4*4-6H,3H2,1-2H3;;;;;;;;;;;;;;;;;;;;;;;;;;;;;;;;;;/q4*+1;;;;;;;;;26*-2. The maximum absolute atomic E-state index is 2.12. The van der Waals surface area contributed by atoms with E-state index in [4.69, 9.17) is 0 Å². The van der Waals surface area contributed by atoms with E-state index in [1.54, 1.807) is 0 Å². The van der Waals surface area contributed by atoms with E-state index in [1.807, 2.05) is 71.2 Å².